The first kappa shape index (κ1) is 25.2. The maximum absolute atomic E-state index is 11.6. The molecule has 2 rings (SSSR count). The zero-order chi connectivity index (χ0) is 19.9. The molecule has 2 N–H and O–H groups in total. The maximum atomic E-state index is 11.6. The van der Waals surface area contributed by atoms with Gasteiger partial charge < -0.3 is 15.2 Å². The van der Waals surface area contributed by atoms with E-state index in [0.717, 1.165) is 61.7 Å². The van der Waals surface area contributed by atoms with E-state index in [-0.39, 0.29) is 24.0 Å². The third kappa shape index (κ3) is 7.18. The zero-order valence-corrected chi connectivity index (χ0v) is 20.5. The van der Waals surface area contributed by atoms with Gasteiger partial charge >= 0.3 is 0 Å². The van der Waals surface area contributed by atoms with Gasteiger partial charge in [-0.2, -0.15) is 0 Å². The first-order valence-corrected chi connectivity index (χ1v) is 11.7. The Bertz CT molecular complexity index is 706. The largest absolute Gasteiger partial charge is 0.361 e. The van der Waals surface area contributed by atoms with Crippen molar-refractivity contribution in [2.24, 2.45) is 10.9 Å². The van der Waals surface area contributed by atoms with Crippen molar-refractivity contribution in [3.05, 3.63) is 17.0 Å². The average molecular weight is 527 g/mol. The van der Waals surface area contributed by atoms with Crippen LogP contribution in [-0.2, 0) is 29.4 Å². The molecule has 28 heavy (non-hydrogen) atoms. The number of nitrogens with zero attached hydrogens (tertiary/aromatic N) is 3. The van der Waals surface area contributed by atoms with Crippen LogP contribution < -0.4 is 10.6 Å². The molecule has 1 aromatic rings. The molecule has 10 heteroatoms. The van der Waals surface area contributed by atoms with Crippen molar-refractivity contribution in [2.75, 3.05) is 32.4 Å². The lowest BCUT2D eigenvalue weighted by atomic mass is 9.98. The van der Waals surface area contributed by atoms with E-state index in [0.29, 0.717) is 25.6 Å². The number of aliphatic imine (C=N–C) groups is 1. The summed E-state index contributed by atoms with van der Waals surface area (Å²) >= 11 is 0. The van der Waals surface area contributed by atoms with Crippen molar-refractivity contribution < 1.29 is 12.9 Å². The molecule has 0 bridgehead atoms. The molecule has 8 nitrogen and oxygen atoms in total. The number of halogens is 1. The van der Waals surface area contributed by atoms with Crippen LogP contribution in [0.25, 0.3) is 0 Å². The molecule has 0 saturated carbocycles. The van der Waals surface area contributed by atoms with E-state index in [9.17, 15) is 8.42 Å². The molecule has 0 unspecified atom stereocenters. The van der Waals surface area contributed by atoms with Gasteiger partial charge in [0.25, 0.3) is 0 Å². The zero-order valence-electron chi connectivity index (χ0n) is 17.3. The Hall–Kier alpha value is -0.880. The number of guanidine groups is 1. The minimum absolute atomic E-state index is 0. The average Bonchev–Trinajstić information content (AvgIpc) is 3.05. The summed E-state index contributed by atoms with van der Waals surface area (Å²) in [7, 11) is -3.07. The third-order valence-electron chi connectivity index (χ3n) is 4.95. The van der Waals surface area contributed by atoms with Gasteiger partial charge in [0, 0.05) is 38.2 Å². The quantitative estimate of drug-likeness (QED) is 0.306. The van der Waals surface area contributed by atoms with E-state index in [1.54, 1.807) is 4.31 Å². The van der Waals surface area contributed by atoms with Crippen LogP contribution in [0.1, 0.15) is 50.6 Å². The van der Waals surface area contributed by atoms with Gasteiger partial charge in [-0.3, -0.25) is 0 Å². The van der Waals surface area contributed by atoms with Gasteiger partial charge in [0.05, 0.1) is 18.5 Å². The summed E-state index contributed by atoms with van der Waals surface area (Å²) in [6.45, 7) is 9.46. The number of sulfonamides is 1. The van der Waals surface area contributed by atoms with E-state index in [2.05, 4.69) is 29.6 Å². The molecule has 162 valence electrons. The highest BCUT2D eigenvalue weighted by Gasteiger charge is 2.24. The first-order chi connectivity index (χ1) is 12.9. The lowest BCUT2D eigenvalue weighted by molar-refractivity contribution is 0.275. The number of hydrogen-bond donors (Lipinski definition) is 2. The molecule has 1 aliphatic rings. The number of aromatic nitrogens is 1. The summed E-state index contributed by atoms with van der Waals surface area (Å²) in [5.41, 5.74) is 2.05. The van der Waals surface area contributed by atoms with Crippen LogP contribution in [0.3, 0.4) is 0 Å². The highest BCUT2D eigenvalue weighted by molar-refractivity contribution is 14.0. The molecule has 0 spiro atoms. The van der Waals surface area contributed by atoms with Gasteiger partial charge in [-0.1, -0.05) is 19.0 Å². The lowest BCUT2D eigenvalue weighted by Crippen LogP contribution is -2.44. The Kier molecular flexibility index (Phi) is 10.7. The SMILES string of the molecule is CCNC(=NCc1c(CC)noc1CC)NCC1CCN(S(C)(=O)=O)CC1.I. The molecule has 1 saturated heterocycles. The third-order valence-corrected chi connectivity index (χ3v) is 6.25. The lowest BCUT2D eigenvalue weighted by Gasteiger charge is -2.30. The second-order valence-electron chi connectivity index (χ2n) is 6.92. The molecule has 0 aromatic carbocycles. The Labute approximate surface area is 186 Å². The van der Waals surface area contributed by atoms with Crippen LogP contribution in [-0.4, -0.2) is 56.3 Å². The molecule has 0 radical (unpaired) electrons. The summed E-state index contributed by atoms with van der Waals surface area (Å²) < 4.78 is 30.2. The van der Waals surface area contributed by atoms with Gasteiger partial charge in [0.2, 0.25) is 10.0 Å². The van der Waals surface area contributed by atoms with E-state index in [4.69, 9.17) is 9.52 Å². The fourth-order valence-corrected chi connectivity index (χ4v) is 4.18. The van der Waals surface area contributed by atoms with Crippen molar-refractivity contribution in [1.29, 1.82) is 0 Å². The van der Waals surface area contributed by atoms with Crippen LogP contribution in [0.5, 0.6) is 0 Å². The van der Waals surface area contributed by atoms with E-state index in [1.807, 2.05) is 6.92 Å². The molecular weight excluding hydrogens is 493 g/mol. The summed E-state index contributed by atoms with van der Waals surface area (Å²) in [6, 6.07) is 0. The second kappa shape index (κ2) is 12.0. The van der Waals surface area contributed by atoms with Crippen LogP contribution in [0, 0.1) is 5.92 Å². The standard InChI is InChI=1S/C18H33N5O3S.HI/c1-5-16-15(17(6-2)26-22-16)13-21-18(19-7-3)20-12-14-8-10-23(11-9-14)27(4,24)25;/h14H,5-13H2,1-4H3,(H2,19,20,21);1H. The Morgan fingerprint density at radius 1 is 1.21 bits per heavy atom. The van der Waals surface area contributed by atoms with Gasteiger partial charge in [0.15, 0.2) is 5.96 Å². The Morgan fingerprint density at radius 2 is 1.89 bits per heavy atom. The molecule has 2 heterocycles. The smallest absolute Gasteiger partial charge is 0.211 e. The topological polar surface area (TPSA) is 99.8 Å². The highest BCUT2D eigenvalue weighted by atomic mass is 127. The van der Waals surface area contributed by atoms with Crippen molar-refractivity contribution in [3.63, 3.8) is 0 Å². The number of hydrogen-bond acceptors (Lipinski definition) is 5. The van der Waals surface area contributed by atoms with Crippen LogP contribution >= 0.6 is 24.0 Å². The predicted octanol–water partition coefficient (Wildman–Crippen LogP) is 2.14. The molecule has 0 amide bonds. The normalized spacial score (nSPS) is 16.6. The summed E-state index contributed by atoms with van der Waals surface area (Å²) in [5, 5.41) is 10.8. The van der Waals surface area contributed by atoms with Crippen molar-refractivity contribution in [2.45, 2.75) is 53.0 Å². The first-order valence-electron chi connectivity index (χ1n) is 9.82. The Balaban J connectivity index is 0.00000392. The van der Waals surface area contributed by atoms with Crippen LogP contribution in [0.2, 0.25) is 0 Å². The van der Waals surface area contributed by atoms with Crippen LogP contribution in [0.4, 0.5) is 0 Å². The minimum Gasteiger partial charge on any atom is -0.361 e. The van der Waals surface area contributed by atoms with Gasteiger partial charge in [-0.15, -0.1) is 24.0 Å². The second-order valence-corrected chi connectivity index (χ2v) is 8.90. The van der Waals surface area contributed by atoms with E-state index < -0.39 is 10.0 Å². The number of nitrogens with one attached hydrogen (secondary N) is 2. The van der Waals surface area contributed by atoms with E-state index >= 15 is 0 Å². The Morgan fingerprint density at radius 3 is 2.43 bits per heavy atom. The van der Waals surface area contributed by atoms with Crippen molar-refractivity contribution >= 4 is 40.0 Å². The molecule has 1 fully saturated rings. The fraction of sp³-hybridized carbons (Fsp3) is 0.778. The molecule has 0 aliphatic carbocycles. The molecule has 0 atom stereocenters. The van der Waals surface area contributed by atoms with Gasteiger partial charge in [0.1, 0.15) is 5.76 Å². The molecule has 1 aliphatic heterocycles. The molecular formula is C18H34IN5O3S. The number of rotatable bonds is 8. The monoisotopic (exact) mass is 527 g/mol. The van der Waals surface area contributed by atoms with Gasteiger partial charge in [-0.05, 0) is 32.1 Å². The fourth-order valence-electron chi connectivity index (χ4n) is 3.30. The molecule has 1 aromatic heterocycles. The van der Waals surface area contributed by atoms with E-state index in [1.165, 1.54) is 6.26 Å². The summed E-state index contributed by atoms with van der Waals surface area (Å²) in [6.07, 6.45) is 4.65. The highest BCUT2D eigenvalue weighted by Crippen LogP contribution is 2.19. The van der Waals surface area contributed by atoms with Gasteiger partial charge in [-0.25, -0.2) is 17.7 Å². The van der Waals surface area contributed by atoms with Crippen molar-refractivity contribution in [1.82, 2.24) is 20.1 Å². The predicted molar refractivity (Wildman–Crippen MR) is 123 cm³/mol. The van der Waals surface area contributed by atoms with Crippen molar-refractivity contribution in [3.8, 4) is 0 Å². The number of piperidine rings is 1. The summed E-state index contributed by atoms with van der Waals surface area (Å²) in [5.74, 6) is 2.12. The maximum Gasteiger partial charge on any atom is 0.211 e. The van der Waals surface area contributed by atoms with Crippen LogP contribution in [0.15, 0.2) is 9.52 Å². The summed E-state index contributed by atoms with van der Waals surface area (Å²) in [4.78, 5) is 4.70. The minimum atomic E-state index is -3.07. The number of aryl methyl sites for hydroxylation is 2.